The molecule has 0 unspecified atom stereocenters. The molecule has 4 nitrogen and oxygen atoms in total. The second-order valence-electron chi connectivity index (χ2n) is 3.29. The number of nitrogens with one attached hydrogen (secondary N) is 1. The van der Waals surface area contributed by atoms with Gasteiger partial charge in [0.25, 0.3) is 0 Å². The number of rotatable bonds is 4. The highest BCUT2D eigenvalue weighted by Gasteiger charge is 2.10. The molecule has 0 aliphatic carbocycles. The van der Waals surface area contributed by atoms with E-state index in [1.54, 1.807) is 18.3 Å². The highest BCUT2D eigenvalue weighted by Crippen LogP contribution is 2.34. The van der Waals surface area contributed by atoms with Crippen molar-refractivity contribution in [3.8, 4) is 0 Å². The molecule has 18 heavy (non-hydrogen) atoms. The van der Waals surface area contributed by atoms with Crippen LogP contribution in [0.25, 0.3) is 0 Å². The number of hydrogen-bond donors (Lipinski definition) is 1. The zero-order chi connectivity index (χ0) is 13.0. The molecule has 1 N–H and O–H groups in total. The fourth-order valence-corrected chi connectivity index (χ4v) is 2.51. The molecule has 2 heterocycles. The Kier molecular flexibility index (Phi) is 4.63. The molecular weight excluding hydrogens is 291 g/mol. The molecule has 0 saturated carbocycles. The number of aromatic nitrogens is 3. The fourth-order valence-electron chi connectivity index (χ4n) is 1.25. The van der Waals surface area contributed by atoms with E-state index >= 15 is 0 Å². The SMILES string of the molecule is CCNc1nc(Sc2ccncn2)c(Cl)cc1Cl. The Morgan fingerprint density at radius 3 is 2.83 bits per heavy atom. The summed E-state index contributed by atoms with van der Waals surface area (Å²) in [5, 5.41) is 5.54. The summed E-state index contributed by atoms with van der Waals surface area (Å²) in [4.78, 5) is 12.4. The molecule has 0 saturated heterocycles. The van der Waals surface area contributed by atoms with E-state index in [9.17, 15) is 0 Å². The molecule has 0 aromatic carbocycles. The summed E-state index contributed by atoms with van der Waals surface area (Å²) < 4.78 is 0. The van der Waals surface area contributed by atoms with Crippen molar-refractivity contribution in [3.63, 3.8) is 0 Å². The minimum Gasteiger partial charge on any atom is -0.369 e. The van der Waals surface area contributed by atoms with Gasteiger partial charge in [-0.2, -0.15) is 0 Å². The normalized spacial score (nSPS) is 10.4. The zero-order valence-electron chi connectivity index (χ0n) is 9.52. The predicted octanol–water partition coefficient (Wildman–Crippen LogP) is 3.76. The summed E-state index contributed by atoms with van der Waals surface area (Å²) >= 11 is 13.5. The number of halogens is 2. The first-order chi connectivity index (χ1) is 8.70. The molecule has 0 bridgehead atoms. The smallest absolute Gasteiger partial charge is 0.146 e. The largest absolute Gasteiger partial charge is 0.369 e. The van der Waals surface area contributed by atoms with E-state index < -0.39 is 0 Å². The standard InChI is InChI=1S/C11H10Cl2N4S/c1-2-15-10-7(12)5-8(13)11(17-10)18-9-3-4-14-6-16-9/h3-6H,2H2,1H3,(H,15,17). The third-order valence-electron chi connectivity index (χ3n) is 2.00. The molecule has 2 aromatic rings. The van der Waals surface area contributed by atoms with Crippen LogP contribution in [0.4, 0.5) is 5.82 Å². The van der Waals surface area contributed by atoms with E-state index in [1.807, 2.05) is 6.92 Å². The third kappa shape index (κ3) is 3.25. The van der Waals surface area contributed by atoms with E-state index in [0.717, 1.165) is 11.6 Å². The van der Waals surface area contributed by atoms with Gasteiger partial charge in [0, 0.05) is 12.7 Å². The van der Waals surface area contributed by atoms with Crippen LogP contribution in [-0.4, -0.2) is 21.5 Å². The minimum atomic E-state index is 0.505. The summed E-state index contributed by atoms with van der Waals surface area (Å²) in [7, 11) is 0. The fraction of sp³-hybridized carbons (Fsp3) is 0.182. The van der Waals surface area contributed by atoms with Gasteiger partial charge in [-0.15, -0.1) is 0 Å². The Morgan fingerprint density at radius 1 is 1.33 bits per heavy atom. The molecule has 0 aliphatic rings. The van der Waals surface area contributed by atoms with Gasteiger partial charge in [0.05, 0.1) is 10.0 Å². The first-order valence-corrected chi connectivity index (χ1v) is 6.81. The van der Waals surface area contributed by atoms with Gasteiger partial charge in [0.1, 0.15) is 22.2 Å². The average molecular weight is 301 g/mol. The molecule has 7 heteroatoms. The van der Waals surface area contributed by atoms with Gasteiger partial charge in [-0.1, -0.05) is 23.2 Å². The molecular formula is C11H10Cl2N4S. The Labute approximate surface area is 119 Å². The second kappa shape index (κ2) is 6.22. The summed E-state index contributed by atoms with van der Waals surface area (Å²) in [5.74, 6) is 0.625. The topological polar surface area (TPSA) is 50.7 Å². The number of pyridine rings is 1. The van der Waals surface area contributed by atoms with Crippen LogP contribution in [0, 0.1) is 0 Å². The summed E-state index contributed by atoms with van der Waals surface area (Å²) in [6.45, 7) is 2.72. The van der Waals surface area contributed by atoms with Gasteiger partial charge >= 0.3 is 0 Å². The molecule has 2 rings (SSSR count). The minimum absolute atomic E-state index is 0.505. The third-order valence-corrected chi connectivity index (χ3v) is 3.64. The lowest BCUT2D eigenvalue weighted by Crippen LogP contribution is -2.01. The van der Waals surface area contributed by atoms with Crippen LogP contribution < -0.4 is 5.32 Å². The molecule has 0 atom stereocenters. The van der Waals surface area contributed by atoms with Crippen LogP contribution in [0.15, 0.2) is 34.7 Å². The van der Waals surface area contributed by atoms with Crippen molar-refractivity contribution in [2.45, 2.75) is 17.0 Å². The van der Waals surface area contributed by atoms with Gasteiger partial charge < -0.3 is 5.32 Å². The Hall–Kier alpha value is -1.04. The maximum atomic E-state index is 6.11. The molecule has 0 amide bonds. The van der Waals surface area contributed by atoms with E-state index in [4.69, 9.17) is 23.2 Å². The van der Waals surface area contributed by atoms with Crippen molar-refractivity contribution in [1.82, 2.24) is 15.0 Å². The van der Waals surface area contributed by atoms with E-state index in [0.29, 0.717) is 20.9 Å². The van der Waals surface area contributed by atoms with Crippen LogP contribution >= 0.6 is 35.0 Å². The van der Waals surface area contributed by atoms with Crippen LogP contribution in [0.5, 0.6) is 0 Å². The van der Waals surface area contributed by atoms with Crippen LogP contribution in [0.3, 0.4) is 0 Å². The van der Waals surface area contributed by atoms with Gasteiger partial charge in [-0.25, -0.2) is 15.0 Å². The van der Waals surface area contributed by atoms with Crippen molar-refractivity contribution < 1.29 is 0 Å². The maximum absolute atomic E-state index is 6.11. The average Bonchev–Trinajstić information content (AvgIpc) is 2.37. The van der Waals surface area contributed by atoms with E-state index in [2.05, 4.69) is 20.3 Å². The second-order valence-corrected chi connectivity index (χ2v) is 5.11. The van der Waals surface area contributed by atoms with Crippen LogP contribution in [0.1, 0.15) is 6.92 Å². The van der Waals surface area contributed by atoms with Crippen molar-refractivity contribution in [2.75, 3.05) is 11.9 Å². The lowest BCUT2D eigenvalue weighted by molar-refractivity contribution is 1.03. The monoisotopic (exact) mass is 300 g/mol. The molecule has 0 fully saturated rings. The lowest BCUT2D eigenvalue weighted by Gasteiger charge is -2.08. The summed E-state index contributed by atoms with van der Waals surface area (Å²) in [6, 6.07) is 3.47. The van der Waals surface area contributed by atoms with Crippen molar-refractivity contribution in [2.24, 2.45) is 0 Å². The van der Waals surface area contributed by atoms with Gasteiger partial charge in [0.2, 0.25) is 0 Å². The first kappa shape index (κ1) is 13.4. The number of nitrogens with zero attached hydrogens (tertiary/aromatic N) is 3. The Bertz CT molecular complexity index is 536. The van der Waals surface area contributed by atoms with Crippen molar-refractivity contribution >= 4 is 40.8 Å². The quantitative estimate of drug-likeness (QED) is 0.871. The highest BCUT2D eigenvalue weighted by atomic mass is 35.5. The Balaban J connectivity index is 2.30. The maximum Gasteiger partial charge on any atom is 0.146 e. The molecule has 2 aromatic heterocycles. The van der Waals surface area contributed by atoms with E-state index in [1.165, 1.54) is 18.1 Å². The predicted molar refractivity (Wildman–Crippen MR) is 74.6 cm³/mol. The zero-order valence-corrected chi connectivity index (χ0v) is 11.9. The van der Waals surface area contributed by atoms with Crippen LogP contribution in [-0.2, 0) is 0 Å². The highest BCUT2D eigenvalue weighted by molar-refractivity contribution is 7.99. The lowest BCUT2D eigenvalue weighted by atomic mass is 10.4. The van der Waals surface area contributed by atoms with Gasteiger partial charge in [0.15, 0.2) is 0 Å². The number of anilines is 1. The van der Waals surface area contributed by atoms with E-state index in [-0.39, 0.29) is 0 Å². The summed E-state index contributed by atoms with van der Waals surface area (Å²) in [6.07, 6.45) is 3.15. The molecule has 94 valence electrons. The van der Waals surface area contributed by atoms with Crippen molar-refractivity contribution in [1.29, 1.82) is 0 Å². The molecule has 0 aliphatic heterocycles. The van der Waals surface area contributed by atoms with Gasteiger partial charge in [-0.3, -0.25) is 0 Å². The summed E-state index contributed by atoms with van der Waals surface area (Å²) in [5.41, 5.74) is 0. The molecule has 0 spiro atoms. The van der Waals surface area contributed by atoms with Crippen LogP contribution in [0.2, 0.25) is 10.0 Å². The van der Waals surface area contributed by atoms with Crippen molar-refractivity contribution in [3.05, 3.63) is 34.7 Å². The van der Waals surface area contributed by atoms with Gasteiger partial charge in [-0.05, 0) is 30.8 Å². The number of hydrogen-bond acceptors (Lipinski definition) is 5. The first-order valence-electron chi connectivity index (χ1n) is 5.24. The Morgan fingerprint density at radius 2 is 2.17 bits per heavy atom. The molecule has 0 radical (unpaired) electrons.